The van der Waals surface area contributed by atoms with Gasteiger partial charge in [0.1, 0.15) is 0 Å². The lowest BCUT2D eigenvalue weighted by Crippen LogP contribution is -2.40. The normalized spacial score (nSPS) is 21.1. The summed E-state index contributed by atoms with van der Waals surface area (Å²) in [7, 11) is 0. The zero-order valence-electron chi connectivity index (χ0n) is 9.60. The summed E-state index contributed by atoms with van der Waals surface area (Å²) in [5, 5.41) is 1.09. The molecule has 1 aromatic rings. The topological polar surface area (TPSA) is 51.4 Å². The molecule has 0 aliphatic carbocycles. The zero-order chi connectivity index (χ0) is 11.5. The van der Waals surface area contributed by atoms with Gasteiger partial charge >= 0.3 is 0 Å². The van der Waals surface area contributed by atoms with E-state index in [9.17, 15) is 0 Å². The van der Waals surface area contributed by atoms with E-state index >= 15 is 0 Å². The predicted molar refractivity (Wildman–Crippen MR) is 71.8 cm³/mol. The van der Waals surface area contributed by atoms with Crippen molar-refractivity contribution in [2.24, 2.45) is 0 Å². The molecule has 1 saturated heterocycles. The molecule has 2 rings (SSSR count). The Bertz CT molecular complexity index is 356. The van der Waals surface area contributed by atoms with Crippen molar-refractivity contribution in [3.8, 4) is 5.75 Å². The van der Waals surface area contributed by atoms with Gasteiger partial charge in [-0.3, -0.25) is 0 Å². The number of nitrogen functional groups attached to an aromatic ring is 1. The highest BCUT2D eigenvalue weighted by Crippen LogP contribution is 2.40. The van der Waals surface area contributed by atoms with Crippen LogP contribution in [0.3, 0.4) is 0 Å². The highest BCUT2D eigenvalue weighted by Gasteiger charge is 2.25. The molecule has 0 radical (unpaired) electrons. The molecule has 1 aromatic heterocycles. The van der Waals surface area contributed by atoms with Crippen LogP contribution in [0.15, 0.2) is 0 Å². The fourth-order valence-electron chi connectivity index (χ4n) is 1.78. The number of hydrogen-bond donors (Lipinski definition) is 1. The molecule has 0 spiro atoms. The maximum absolute atomic E-state index is 5.82. The third kappa shape index (κ3) is 2.22. The first kappa shape index (κ1) is 11.9. The summed E-state index contributed by atoms with van der Waals surface area (Å²) < 4.78 is 9.77. The van der Waals surface area contributed by atoms with E-state index in [0.29, 0.717) is 18.5 Å². The van der Waals surface area contributed by atoms with Crippen LogP contribution in [0.2, 0.25) is 0 Å². The Morgan fingerprint density at radius 3 is 3.12 bits per heavy atom. The molecule has 0 bridgehead atoms. The van der Waals surface area contributed by atoms with Crippen molar-refractivity contribution in [2.45, 2.75) is 19.9 Å². The SMILES string of the molecule is CCOc1c(N)nsc1N1CCSCC1C. The highest BCUT2D eigenvalue weighted by atomic mass is 32.2. The summed E-state index contributed by atoms with van der Waals surface area (Å²) in [5.74, 6) is 3.61. The minimum Gasteiger partial charge on any atom is -0.487 e. The van der Waals surface area contributed by atoms with Gasteiger partial charge in [-0.25, -0.2) is 0 Å². The number of anilines is 2. The molecule has 90 valence electrons. The molecule has 2 N–H and O–H groups in total. The number of hydrogen-bond acceptors (Lipinski definition) is 6. The molecule has 0 saturated carbocycles. The number of nitrogens with two attached hydrogens (primary N) is 1. The van der Waals surface area contributed by atoms with E-state index in [1.807, 2.05) is 18.7 Å². The van der Waals surface area contributed by atoms with Crippen LogP contribution in [0.5, 0.6) is 5.75 Å². The molecule has 0 aromatic carbocycles. The Morgan fingerprint density at radius 1 is 1.62 bits per heavy atom. The first-order chi connectivity index (χ1) is 7.74. The Morgan fingerprint density at radius 2 is 2.44 bits per heavy atom. The van der Waals surface area contributed by atoms with Crippen molar-refractivity contribution < 1.29 is 4.74 Å². The first-order valence-corrected chi connectivity index (χ1v) is 7.39. The summed E-state index contributed by atoms with van der Waals surface area (Å²) in [4.78, 5) is 2.36. The van der Waals surface area contributed by atoms with Gasteiger partial charge in [0.15, 0.2) is 16.6 Å². The molecule has 16 heavy (non-hydrogen) atoms. The van der Waals surface area contributed by atoms with Crippen molar-refractivity contribution in [1.29, 1.82) is 0 Å². The molecule has 6 heteroatoms. The second-order valence-electron chi connectivity index (χ2n) is 3.75. The number of ether oxygens (including phenoxy) is 1. The van der Waals surface area contributed by atoms with E-state index in [4.69, 9.17) is 10.5 Å². The number of thioether (sulfide) groups is 1. The van der Waals surface area contributed by atoms with Gasteiger partial charge in [0.25, 0.3) is 0 Å². The number of rotatable bonds is 3. The average molecular weight is 259 g/mol. The second-order valence-corrected chi connectivity index (χ2v) is 5.65. The molecule has 1 unspecified atom stereocenters. The largest absolute Gasteiger partial charge is 0.487 e. The lowest BCUT2D eigenvalue weighted by Gasteiger charge is -2.33. The zero-order valence-corrected chi connectivity index (χ0v) is 11.2. The predicted octanol–water partition coefficient (Wildman–Crippen LogP) is 2.07. The quantitative estimate of drug-likeness (QED) is 0.900. The Balaban J connectivity index is 2.24. The highest BCUT2D eigenvalue weighted by molar-refractivity contribution is 7.99. The number of nitrogens with zero attached hydrogens (tertiary/aromatic N) is 2. The van der Waals surface area contributed by atoms with Gasteiger partial charge in [-0.05, 0) is 25.4 Å². The van der Waals surface area contributed by atoms with Crippen LogP contribution in [-0.4, -0.2) is 35.1 Å². The smallest absolute Gasteiger partial charge is 0.197 e. The summed E-state index contributed by atoms with van der Waals surface area (Å²) in [6.45, 7) is 5.88. The van der Waals surface area contributed by atoms with Crippen LogP contribution >= 0.6 is 23.3 Å². The van der Waals surface area contributed by atoms with Crippen LogP contribution < -0.4 is 15.4 Å². The molecule has 1 aliphatic rings. The molecule has 1 fully saturated rings. The van der Waals surface area contributed by atoms with Crippen molar-refractivity contribution in [2.75, 3.05) is 35.3 Å². The minimum atomic E-state index is 0.521. The maximum atomic E-state index is 5.82. The third-order valence-corrected chi connectivity index (χ3v) is 4.64. The van der Waals surface area contributed by atoms with Gasteiger partial charge in [-0.1, -0.05) is 0 Å². The van der Waals surface area contributed by atoms with Gasteiger partial charge in [0, 0.05) is 24.1 Å². The van der Waals surface area contributed by atoms with E-state index in [1.165, 1.54) is 11.5 Å². The Hall–Kier alpha value is -0.620. The third-order valence-electron chi connectivity index (χ3n) is 2.57. The van der Waals surface area contributed by atoms with Gasteiger partial charge < -0.3 is 15.4 Å². The lowest BCUT2D eigenvalue weighted by molar-refractivity contribution is 0.342. The van der Waals surface area contributed by atoms with Crippen molar-refractivity contribution in [3.63, 3.8) is 0 Å². The molecule has 1 atom stereocenters. The minimum absolute atomic E-state index is 0.521. The summed E-state index contributed by atoms with van der Waals surface area (Å²) in [6, 6.07) is 0.526. The van der Waals surface area contributed by atoms with Crippen LogP contribution in [0, 0.1) is 0 Å². The summed E-state index contributed by atoms with van der Waals surface area (Å²) in [5.41, 5.74) is 5.82. The fourth-order valence-corrected chi connectivity index (χ4v) is 3.68. The van der Waals surface area contributed by atoms with Crippen LogP contribution in [-0.2, 0) is 0 Å². The lowest BCUT2D eigenvalue weighted by atomic mass is 10.3. The second kappa shape index (κ2) is 5.14. The maximum Gasteiger partial charge on any atom is 0.197 e. The van der Waals surface area contributed by atoms with E-state index in [2.05, 4.69) is 16.2 Å². The van der Waals surface area contributed by atoms with Gasteiger partial charge in [0.2, 0.25) is 0 Å². The monoisotopic (exact) mass is 259 g/mol. The van der Waals surface area contributed by atoms with E-state index in [0.717, 1.165) is 28.8 Å². The van der Waals surface area contributed by atoms with Crippen molar-refractivity contribution in [1.82, 2.24) is 4.37 Å². The average Bonchev–Trinajstić information content (AvgIpc) is 2.62. The van der Waals surface area contributed by atoms with Crippen LogP contribution in [0.4, 0.5) is 10.8 Å². The van der Waals surface area contributed by atoms with E-state index in [1.54, 1.807) is 0 Å². The van der Waals surface area contributed by atoms with Gasteiger partial charge in [-0.2, -0.15) is 16.1 Å². The van der Waals surface area contributed by atoms with E-state index < -0.39 is 0 Å². The van der Waals surface area contributed by atoms with Crippen molar-refractivity contribution in [3.05, 3.63) is 0 Å². The Kier molecular flexibility index (Phi) is 3.81. The van der Waals surface area contributed by atoms with E-state index in [-0.39, 0.29) is 0 Å². The molecule has 0 amide bonds. The molecule has 1 aliphatic heterocycles. The molecule has 4 nitrogen and oxygen atoms in total. The molecule has 2 heterocycles. The summed E-state index contributed by atoms with van der Waals surface area (Å²) in [6.07, 6.45) is 0. The Labute approximate surface area is 104 Å². The number of aromatic nitrogens is 1. The van der Waals surface area contributed by atoms with Crippen molar-refractivity contribution >= 4 is 34.1 Å². The fraction of sp³-hybridized carbons (Fsp3) is 0.700. The molecular formula is C10H17N3OS2. The van der Waals surface area contributed by atoms with Crippen LogP contribution in [0.1, 0.15) is 13.8 Å². The molecular weight excluding hydrogens is 242 g/mol. The summed E-state index contributed by atoms with van der Waals surface area (Å²) >= 11 is 3.44. The standard InChI is InChI=1S/C10H17N3OS2/c1-3-14-8-9(11)12-16-10(8)13-4-5-15-6-7(13)2/h7H,3-6H2,1-2H3,(H2,11,12). The van der Waals surface area contributed by atoms with Crippen LogP contribution in [0.25, 0.3) is 0 Å². The first-order valence-electron chi connectivity index (χ1n) is 5.46. The van der Waals surface area contributed by atoms with Gasteiger partial charge in [0.05, 0.1) is 6.61 Å². The van der Waals surface area contributed by atoms with Gasteiger partial charge in [-0.15, -0.1) is 0 Å².